The summed E-state index contributed by atoms with van der Waals surface area (Å²) < 4.78 is 22.9. The van der Waals surface area contributed by atoms with Crippen LogP contribution in [0.4, 0.5) is 4.39 Å². The fraction of sp³-hybridized carbons (Fsp3) is 0.450. The molecule has 3 saturated carbocycles. The minimum atomic E-state index is -0.798. The van der Waals surface area contributed by atoms with Crippen molar-refractivity contribution < 1.29 is 23.8 Å². The maximum atomic E-state index is 13.5. The first kappa shape index (κ1) is 21.0. The Morgan fingerprint density at radius 1 is 1.27 bits per heavy atom. The molecule has 0 aliphatic heterocycles. The predicted octanol–water partition coefficient (Wildman–Crippen LogP) is 2.68. The zero-order valence-corrected chi connectivity index (χ0v) is 17.6. The van der Waals surface area contributed by atoms with Crippen LogP contribution in [0.2, 0.25) is 5.02 Å². The molecule has 2 amide bonds. The van der Waals surface area contributed by atoms with Gasteiger partial charge in [-0.05, 0) is 61.8 Å². The molecule has 30 heavy (non-hydrogen) atoms. The van der Waals surface area contributed by atoms with Gasteiger partial charge in [0, 0.05) is 17.0 Å². The predicted molar refractivity (Wildman–Crippen MR) is 109 cm³/mol. The molecular weight excluding hydrogens is 433 g/mol. The lowest BCUT2D eigenvalue weighted by Gasteiger charge is -2.56. The van der Waals surface area contributed by atoms with Crippen LogP contribution < -0.4 is 15.4 Å². The molecule has 3 N–H and O–H groups in total. The van der Waals surface area contributed by atoms with Gasteiger partial charge in [-0.2, -0.15) is 4.37 Å². The van der Waals surface area contributed by atoms with Gasteiger partial charge in [-0.25, -0.2) is 4.39 Å². The maximum absolute atomic E-state index is 13.5. The summed E-state index contributed by atoms with van der Waals surface area (Å²) >= 11 is 6.85. The van der Waals surface area contributed by atoms with Gasteiger partial charge in [-0.15, -0.1) is 0 Å². The van der Waals surface area contributed by atoms with E-state index >= 15 is 0 Å². The monoisotopic (exact) mass is 453 g/mol. The second-order valence-corrected chi connectivity index (χ2v) is 8.98. The highest BCUT2D eigenvalue weighted by Crippen LogP contribution is 2.47. The van der Waals surface area contributed by atoms with Gasteiger partial charge in [0.05, 0.1) is 16.7 Å². The molecular formula is C20H21ClFN3O4S. The second kappa shape index (κ2) is 8.13. The lowest BCUT2D eigenvalue weighted by atomic mass is 9.60. The Labute approximate surface area is 181 Å². The van der Waals surface area contributed by atoms with Crippen molar-refractivity contribution in [3.05, 3.63) is 46.2 Å². The highest BCUT2D eigenvalue weighted by molar-refractivity contribution is 7.03. The van der Waals surface area contributed by atoms with Gasteiger partial charge in [-0.3, -0.25) is 9.59 Å². The molecule has 1 heterocycles. The summed E-state index contributed by atoms with van der Waals surface area (Å²) in [4.78, 5) is 24.8. The number of carbonyl (C=O) groups excluding carboxylic acids is 2. The summed E-state index contributed by atoms with van der Waals surface area (Å²) in [6.07, 6.45) is 1.91. The molecule has 0 spiro atoms. The minimum Gasteiger partial charge on any atom is -0.484 e. The number of nitrogens with zero attached hydrogens (tertiary/aromatic N) is 1. The summed E-state index contributed by atoms with van der Waals surface area (Å²) in [6, 6.07) is 5.61. The van der Waals surface area contributed by atoms with Crippen LogP contribution in [-0.4, -0.2) is 45.1 Å². The molecule has 3 aliphatic rings. The number of fused-ring (bicyclic) bond motifs is 3. The number of carbonyl (C=O) groups is 2. The third-order valence-electron chi connectivity index (χ3n) is 6.02. The van der Waals surface area contributed by atoms with E-state index in [1.165, 1.54) is 23.7 Å². The zero-order chi connectivity index (χ0) is 21.4. The summed E-state index contributed by atoms with van der Waals surface area (Å²) in [6.45, 7) is -0.304. The van der Waals surface area contributed by atoms with Crippen LogP contribution in [0, 0.1) is 5.82 Å². The van der Waals surface area contributed by atoms with Crippen molar-refractivity contribution in [1.82, 2.24) is 15.0 Å². The molecule has 3 fully saturated rings. The van der Waals surface area contributed by atoms with Crippen LogP contribution in [0.5, 0.6) is 5.75 Å². The molecule has 1 atom stereocenters. The molecule has 10 heteroatoms. The number of hydrogen-bond acceptors (Lipinski definition) is 6. The Hall–Kier alpha value is -2.23. The standard InChI is InChI=1S/C20H21ClFN3O4S/c21-13-2-1-12(9-14(13)22)29-11-17(27)23-20-6-4-19(5-7-20,10-16(20)26)24-18(28)15-3-8-30-25-15/h1-3,8-9,16,26H,4-7,10-11H2,(H,23,27)(H,24,28)/t16-,19?,20?/m0/s1. The van der Waals surface area contributed by atoms with E-state index < -0.39 is 28.9 Å². The SMILES string of the molecule is O=C(COc1ccc(Cl)c(F)c1)NC12CCC(NC(=O)c3ccsn3)(CC1)C[C@@H]2O. The first-order valence-corrected chi connectivity index (χ1v) is 10.8. The van der Waals surface area contributed by atoms with Crippen LogP contribution in [0.1, 0.15) is 42.6 Å². The lowest BCUT2D eigenvalue weighted by Crippen LogP contribution is -2.70. The van der Waals surface area contributed by atoms with Crippen molar-refractivity contribution in [3.8, 4) is 5.75 Å². The lowest BCUT2D eigenvalue weighted by molar-refractivity contribution is -0.132. The number of amides is 2. The largest absolute Gasteiger partial charge is 0.484 e. The normalized spacial score (nSPS) is 27.5. The second-order valence-electron chi connectivity index (χ2n) is 7.91. The number of aromatic nitrogens is 1. The van der Waals surface area contributed by atoms with E-state index in [4.69, 9.17) is 16.3 Å². The summed E-state index contributed by atoms with van der Waals surface area (Å²) in [5.74, 6) is -1.07. The number of rotatable bonds is 6. The molecule has 160 valence electrons. The summed E-state index contributed by atoms with van der Waals surface area (Å²) in [7, 11) is 0. The van der Waals surface area contributed by atoms with E-state index in [1.54, 1.807) is 11.4 Å². The molecule has 1 aromatic carbocycles. The number of benzene rings is 1. The number of ether oxygens (including phenoxy) is 1. The first-order chi connectivity index (χ1) is 14.3. The molecule has 0 radical (unpaired) electrons. The van der Waals surface area contributed by atoms with E-state index in [0.29, 0.717) is 37.8 Å². The van der Waals surface area contributed by atoms with Gasteiger partial charge < -0.3 is 20.5 Å². The van der Waals surface area contributed by atoms with Crippen LogP contribution >= 0.6 is 23.1 Å². The van der Waals surface area contributed by atoms with Crippen LogP contribution in [-0.2, 0) is 4.79 Å². The highest BCUT2D eigenvalue weighted by Gasteiger charge is 2.55. The van der Waals surface area contributed by atoms with Gasteiger partial charge in [0.15, 0.2) is 6.61 Å². The Balaban J connectivity index is 1.34. The third-order valence-corrected chi connectivity index (χ3v) is 6.89. The molecule has 2 bridgehead atoms. The van der Waals surface area contributed by atoms with Gasteiger partial charge in [0.25, 0.3) is 11.8 Å². The quantitative estimate of drug-likeness (QED) is 0.624. The Kier molecular flexibility index (Phi) is 5.69. The Bertz CT molecular complexity index is 948. The molecule has 7 nitrogen and oxygen atoms in total. The Morgan fingerprint density at radius 3 is 2.67 bits per heavy atom. The van der Waals surface area contributed by atoms with E-state index in [-0.39, 0.29) is 23.3 Å². The Morgan fingerprint density at radius 2 is 2.03 bits per heavy atom. The minimum absolute atomic E-state index is 0.0245. The van der Waals surface area contributed by atoms with Gasteiger partial charge in [0.2, 0.25) is 0 Å². The van der Waals surface area contributed by atoms with Crippen LogP contribution in [0.3, 0.4) is 0 Å². The molecule has 3 aliphatic carbocycles. The van der Waals surface area contributed by atoms with Crippen molar-refractivity contribution in [2.24, 2.45) is 0 Å². The molecule has 0 unspecified atom stereocenters. The number of hydrogen-bond donors (Lipinski definition) is 3. The van der Waals surface area contributed by atoms with E-state index in [9.17, 15) is 19.1 Å². The van der Waals surface area contributed by atoms with E-state index in [2.05, 4.69) is 15.0 Å². The maximum Gasteiger partial charge on any atom is 0.271 e. The number of aliphatic hydroxyl groups is 1. The third kappa shape index (κ3) is 4.14. The fourth-order valence-electron chi connectivity index (χ4n) is 4.33. The highest BCUT2D eigenvalue weighted by atomic mass is 35.5. The van der Waals surface area contributed by atoms with Gasteiger partial charge in [-0.1, -0.05) is 11.6 Å². The van der Waals surface area contributed by atoms with E-state index in [1.807, 2.05) is 0 Å². The smallest absolute Gasteiger partial charge is 0.271 e. The topological polar surface area (TPSA) is 101 Å². The van der Waals surface area contributed by atoms with Crippen molar-refractivity contribution >= 4 is 34.9 Å². The molecule has 1 aromatic heterocycles. The number of halogens is 2. The van der Waals surface area contributed by atoms with Crippen molar-refractivity contribution in [1.29, 1.82) is 0 Å². The summed E-state index contributed by atoms with van der Waals surface area (Å²) in [5.41, 5.74) is -0.877. The average Bonchev–Trinajstić information content (AvgIpc) is 3.25. The first-order valence-electron chi connectivity index (χ1n) is 9.61. The van der Waals surface area contributed by atoms with Crippen molar-refractivity contribution in [2.45, 2.75) is 49.3 Å². The van der Waals surface area contributed by atoms with E-state index in [0.717, 1.165) is 6.07 Å². The fourth-order valence-corrected chi connectivity index (χ4v) is 4.95. The van der Waals surface area contributed by atoms with Crippen molar-refractivity contribution in [3.63, 3.8) is 0 Å². The van der Waals surface area contributed by atoms with Crippen LogP contribution in [0.15, 0.2) is 29.6 Å². The van der Waals surface area contributed by atoms with Crippen LogP contribution in [0.25, 0.3) is 0 Å². The zero-order valence-electron chi connectivity index (χ0n) is 16.0. The number of aliphatic hydroxyl groups excluding tert-OH is 1. The molecule has 5 rings (SSSR count). The van der Waals surface area contributed by atoms with Gasteiger partial charge >= 0.3 is 0 Å². The molecule has 0 saturated heterocycles. The van der Waals surface area contributed by atoms with Gasteiger partial charge in [0.1, 0.15) is 17.3 Å². The average molecular weight is 454 g/mol. The number of nitrogens with one attached hydrogen (secondary N) is 2. The van der Waals surface area contributed by atoms with Crippen molar-refractivity contribution in [2.75, 3.05) is 6.61 Å². The molecule has 2 aromatic rings. The summed E-state index contributed by atoms with van der Waals surface area (Å²) in [5, 5.41) is 18.4.